The quantitative estimate of drug-likeness (QED) is 0.893. The van der Waals surface area contributed by atoms with Gasteiger partial charge in [-0.05, 0) is 57.9 Å². The molecule has 1 saturated heterocycles. The summed E-state index contributed by atoms with van der Waals surface area (Å²) in [5, 5.41) is 0.766. The molecule has 0 aliphatic carbocycles. The lowest BCUT2D eigenvalue weighted by Crippen LogP contribution is -2.48. The second-order valence-electron chi connectivity index (χ2n) is 7.15. The van der Waals surface area contributed by atoms with Gasteiger partial charge in [-0.2, -0.15) is 0 Å². The molecule has 2 atom stereocenters. The van der Waals surface area contributed by atoms with Crippen molar-refractivity contribution in [3.05, 3.63) is 34.9 Å². The number of benzene rings is 1. The minimum absolute atomic E-state index is 0.0763. The van der Waals surface area contributed by atoms with E-state index in [1.165, 1.54) is 24.9 Å². The first-order valence-corrected chi connectivity index (χ1v) is 8.62. The fraction of sp³-hybridized carbons (Fsp3) is 0.667. The average molecular weight is 325 g/mol. The number of hydrogen-bond donors (Lipinski definition) is 1. The zero-order chi connectivity index (χ0) is 16.2. The van der Waals surface area contributed by atoms with Crippen LogP contribution in [-0.2, 0) is 4.74 Å². The zero-order valence-electron chi connectivity index (χ0n) is 14.0. The molecule has 4 heteroatoms. The van der Waals surface area contributed by atoms with Crippen LogP contribution >= 0.6 is 11.6 Å². The molecule has 1 heterocycles. The van der Waals surface area contributed by atoms with E-state index in [2.05, 4.69) is 31.7 Å². The van der Waals surface area contributed by atoms with Crippen LogP contribution in [0.15, 0.2) is 24.3 Å². The summed E-state index contributed by atoms with van der Waals surface area (Å²) >= 11 is 6.17. The number of rotatable bonds is 5. The number of piperidine rings is 1. The van der Waals surface area contributed by atoms with Crippen molar-refractivity contribution in [2.24, 2.45) is 11.7 Å². The van der Waals surface area contributed by atoms with Crippen LogP contribution in [0.4, 0.5) is 0 Å². The molecular formula is C18H29ClN2O. The van der Waals surface area contributed by atoms with Gasteiger partial charge in [0.05, 0.1) is 12.7 Å². The highest BCUT2D eigenvalue weighted by atomic mass is 35.5. The van der Waals surface area contributed by atoms with Gasteiger partial charge in [-0.25, -0.2) is 0 Å². The summed E-state index contributed by atoms with van der Waals surface area (Å²) in [5.41, 5.74) is 7.02. The van der Waals surface area contributed by atoms with Crippen LogP contribution in [0.25, 0.3) is 0 Å². The van der Waals surface area contributed by atoms with E-state index in [-0.39, 0.29) is 11.6 Å². The molecule has 1 fully saturated rings. The first-order chi connectivity index (χ1) is 10.4. The molecular weight excluding hydrogens is 296 g/mol. The average Bonchev–Trinajstić information content (AvgIpc) is 2.47. The predicted octanol–water partition coefficient (Wildman–Crippen LogP) is 3.87. The van der Waals surface area contributed by atoms with E-state index in [0.29, 0.717) is 19.1 Å². The Hall–Kier alpha value is -0.610. The normalized spacial score (nSPS) is 21.8. The van der Waals surface area contributed by atoms with Gasteiger partial charge in [-0.15, -0.1) is 0 Å². The molecule has 1 aromatic carbocycles. The minimum atomic E-state index is 0.0763. The van der Waals surface area contributed by atoms with E-state index < -0.39 is 0 Å². The van der Waals surface area contributed by atoms with Crippen LogP contribution in [0.5, 0.6) is 0 Å². The lowest BCUT2D eigenvalue weighted by Gasteiger charge is -2.43. The van der Waals surface area contributed by atoms with Crippen LogP contribution in [0.3, 0.4) is 0 Å². The number of nitrogens with zero attached hydrogens (tertiary/aromatic N) is 1. The second kappa shape index (κ2) is 7.78. The molecule has 0 saturated carbocycles. The number of hydrogen-bond acceptors (Lipinski definition) is 3. The van der Waals surface area contributed by atoms with E-state index in [4.69, 9.17) is 22.1 Å². The minimum Gasteiger partial charge on any atom is -0.372 e. The van der Waals surface area contributed by atoms with Crippen molar-refractivity contribution in [2.45, 2.75) is 45.3 Å². The maximum absolute atomic E-state index is 6.17. The summed E-state index contributed by atoms with van der Waals surface area (Å²) < 4.78 is 6.12. The Balaban J connectivity index is 2.17. The van der Waals surface area contributed by atoms with Gasteiger partial charge in [0, 0.05) is 29.6 Å². The molecule has 0 amide bonds. The molecule has 2 rings (SSSR count). The Morgan fingerprint density at radius 2 is 2.18 bits per heavy atom. The molecule has 0 bridgehead atoms. The van der Waals surface area contributed by atoms with Gasteiger partial charge in [0.25, 0.3) is 0 Å². The molecule has 0 unspecified atom stereocenters. The van der Waals surface area contributed by atoms with Crippen molar-refractivity contribution in [2.75, 3.05) is 26.2 Å². The van der Waals surface area contributed by atoms with Crippen LogP contribution in [0.2, 0.25) is 5.02 Å². The van der Waals surface area contributed by atoms with Gasteiger partial charge in [0.1, 0.15) is 0 Å². The highest BCUT2D eigenvalue weighted by molar-refractivity contribution is 6.30. The summed E-state index contributed by atoms with van der Waals surface area (Å²) in [6.07, 6.45) is 2.48. The van der Waals surface area contributed by atoms with Crippen molar-refractivity contribution < 1.29 is 4.74 Å². The topological polar surface area (TPSA) is 38.5 Å². The maximum Gasteiger partial charge on any atom is 0.0866 e. The molecule has 2 N–H and O–H groups in total. The standard InChI is InChI=1S/C18H29ClN2O/c1-18(2,3)21-10-5-7-15(13-21)17(22-11-9-20)14-6-4-8-16(19)12-14/h4,6,8,12,15,17H,5,7,9-11,13,20H2,1-3H3/t15-,17+/m1/s1. The van der Waals surface area contributed by atoms with Gasteiger partial charge in [-0.3, -0.25) is 4.90 Å². The molecule has 0 spiro atoms. The third-order valence-electron chi connectivity index (χ3n) is 4.43. The van der Waals surface area contributed by atoms with Gasteiger partial charge in [-0.1, -0.05) is 23.7 Å². The summed E-state index contributed by atoms with van der Waals surface area (Å²) in [6, 6.07) is 8.05. The van der Waals surface area contributed by atoms with E-state index >= 15 is 0 Å². The SMILES string of the molecule is CC(C)(C)N1CCC[C@@H]([C@@H](OCCN)c2cccc(Cl)c2)C1. The third-order valence-corrected chi connectivity index (χ3v) is 4.66. The van der Waals surface area contributed by atoms with Crippen molar-refractivity contribution in [3.8, 4) is 0 Å². The molecule has 1 aliphatic rings. The molecule has 0 radical (unpaired) electrons. The lowest BCUT2D eigenvalue weighted by molar-refractivity contribution is -0.0287. The van der Waals surface area contributed by atoms with Crippen molar-refractivity contribution in [3.63, 3.8) is 0 Å². The van der Waals surface area contributed by atoms with Gasteiger partial charge in [0.2, 0.25) is 0 Å². The summed E-state index contributed by atoms with van der Waals surface area (Å²) in [6.45, 7) is 10.2. The Morgan fingerprint density at radius 3 is 2.82 bits per heavy atom. The first-order valence-electron chi connectivity index (χ1n) is 8.24. The van der Waals surface area contributed by atoms with Gasteiger partial charge in [0.15, 0.2) is 0 Å². The van der Waals surface area contributed by atoms with Crippen LogP contribution in [0.1, 0.15) is 45.3 Å². The van der Waals surface area contributed by atoms with Crippen molar-refractivity contribution in [1.29, 1.82) is 0 Å². The highest BCUT2D eigenvalue weighted by Crippen LogP contribution is 2.35. The lowest BCUT2D eigenvalue weighted by atomic mass is 9.86. The third kappa shape index (κ3) is 4.69. The van der Waals surface area contributed by atoms with Crippen molar-refractivity contribution >= 4 is 11.6 Å². The largest absolute Gasteiger partial charge is 0.372 e. The first kappa shape index (κ1) is 17.7. The Bertz CT molecular complexity index is 472. The number of halogens is 1. The number of nitrogens with two attached hydrogens (primary N) is 1. The molecule has 0 aromatic heterocycles. The van der Waals surface area contributed by atoms with Crippen molar-refractivity contribution in [1.82, 2.24) is 4.90 Å². The summed E-state index contributed by atoms with van der Waals surface area (Å²) in [7, 11) is 0. The molecule has 1 aliphatic heterocycles. The number of likely N-dealkylation sites (tertiary alicyclic amines) is 1. The highest BCUT2D eigenvalue weighted by Gasteiger charge is 2.33. The van der Waals surface area contributed by atoms with E-state index in [1.54, 1.807) is 0 Å². The van der Waals surface area contributed by atoms with Crippen LogP contribution < -0.4 is 5.73 Å². The van der Waals surface area contributed by atoms with Gasteiger partial charge < -0.3 is 10.5 Å². The number of ether oxygens (including phenoxy) is 1. The Morgan fingerprint density at radius 1 is 1.41 bits per heavy atom. The predicted molar refractivity (Wildman–Crippen MR) is 93.2 cm³/mol. The van der Waals surface area contributed by atoms with E-state index in [1.807, 2.05) is 18.2 Å². The molecule has 124 valence electrons. The monoisotopic (exact) mass is 324 g/mol. The van der Waals surface area contributed by atoms with E-state index in [0.717, 1.165) is 11.6 Å². The fourth-order valence-corrected chi connectivity index (χ4v) is 3.45. The Kier molecular flexibility index (Phi) is 6.27. The van der Waals surface area contributed by atoms with Crippen LogP contribution in [0, 0.1) is 5.92 Å². The molecule has 3 nitrogen and oxygen atoms in total. The molecule has 1 aromatic rings. The summed E-state index contributed by atoms with van der Waals surface area (Å²) in [5.74, 6) is 0.484. The van der Waals surface area contributed by atoms with Crippen LogP contribution in [-0.4, -0.2) is 36.7 Å². The summed E-state index contributed by atoms with van der Waals surface area (Å²) in [4.78, 5) is 2.56. The fourth-order valence-electron chi connectivity index (χ4n) is 3.25. The Labute approximate surface area is 139 Å². The van der Waals surface area contributed by atoms with E-state index in [9.17, 15) is 0 Å². The smallest absolute Gasteiger partial charge is 0.0866 e. The second-order valence-corrected chi connectivity index (χ2v) is 7.59. The zero-order valence-corrected chi connectivity index (χ0v) is 14.8. The molecule has 22 heavy (non-hydrogen) atoms. The maximum atomic E-state index is 6.17. The van der Waals surface area contributed by atoms with Gasteiger partial charge >= 0.3 is 0 Å².